The number of halogens is 1. The molecule has 1 aliphatic rings. The van der Waals surface area contributed by atoms with Gasteiger partial charge >= 0.3 is 0 Å². The molecule has 0 amide bonds. The first-order valence-corrected chi connectivity index (χ1v) is 7.41. The Kier molecular flexibility index (Phi) is 4.65. The Morgan fingerprint density at radius 1 is 1.40 bits per heavy atom. The third kappa shape index (κ3) is 2.65. The predicted octanol–water partition coefficient (Wildman–Crippen LogP) is 4.59. The minimum absolute atomic E-state index is 0.320. The van der Waals surface area contributed by atoms with Gasteiger partial charge in [0.2, 0.25) is 0 Å². The van der Waals surface area contributed by atoms with Crippen LogP contribution in [0.2, 0.25) is 0 Å². The fourth-order valence-corrected chi connectivity index (χ4v) is 3.42. The average Bonchev–Trinajstić information content (AvgIpc) is 2.48. The molecule has 0 radical (unpaired) electrons. The van der Waals surface area contributed by atoms with Gasteiger partial charge in [0, 0.05) is 0 Å². The van der Waals surface area contributed by atoms with Crippen molar-refractivity contribution in [1.82, 2.24) is 0 Å². The van der Waals surface area contributed by atoms with E-state index >= 15 is 0 Å². The summed E-state index contributed by atoms with van der Waals surface area (Å²) >= 11 is 0. The quantitative estimate of drug-likeness (QED) is 0.805. The molecular formula is C17H22FNO. The Balaban J connectivity index is 2.32. The summed E-state index contributed by atoms with van der Waals surface area (Å²) in [4.78, 5) is 0. The van der Waals surface area contributed by atoms with Crippen molar-refractivity contribution in [3.63, 3.8) is 0 Å². The summed E-state index contributed by atoms with van der Waals surface area (Å²) in [6.45, 7) is 2.19. The van der Waals surface area contributed by atoms with Crippen LogP contribution in [0.1, 0.15) is 51.0 Å². The molecule has 20 heavy (non-hydrogen) atoms. The van der Waals surface area contributed by atoms with Crippen LogP contribution >= 0.6 is 0 Å². The SMILES string of the molecule is CCCC1CCC(C#N)(c2c(F)cccc2OC)CC1. The summed E-state index contributed by atoms with van der Waals surface area (Å²) in [5, 5.41) is 9.68. The lowest BCUT2D eigenvalue weighted by Gasteiger charge is -2.36. The number of benzene rings is 1. The molecule has 1 fully saturated rings. The van der Waals surface area contributed by atoms with E-state index in [2.05, 4.69) is 13.0 Å². The molecule has 1 aromatic carbocycles. The summed E-state index contributed by atoms with van der Waals surface area (Å²) < 4.78 is 19.6. The monoisotopic (exact) mass is 275 g/mol. The van der Waals surface area contributed by atoms with E-state index in [9.17, 15) is 9.65 Å². The second kappa shape index (κ2) is 6.26. The Morgan fingerprint density at radius 3 is 2.65 bits per heavy atom. The largest absolute Gasteiger partial charge is 0.496 e. The zero-order valence-corrected chi connectivity index (χ0v) is 12.3. The van der Waals surface area contributed by atoms with Crippen LogP contribution in [0.3, 0.4) is 0 Å². The molecule has 2 rings (SSSR count). The standard InChI is InChI=1S/C17H22FNO/c1-3-5-13-8-10-17(12-19,11-9-13)16-14(18)6-4-7-15(16)20-2/h4,6-7,13H,3,5,8-11H2,1-2H3. The number of nitrogens with zero attached hydrogens (tertiary/aromatic N) is 1. The van der Waals surface area contributed by atoms with Crippen LogP contribution in [0, 0.1) is 23.1 Å². The summed E-state index contributed by atoms with van der Waals surface area (Å²) in [6, 6.07) is 7.19. The van der Waals surface area contributed by atoms with Gasteiger partial charge in [0.15, 0.2) is 0 Å². The maximum atomic E-state index is 14.3. The summed E-state index contributed by atoms with van der Waals surface area (Å²) in [5.41, 5.74) is -0.263. The molecule has 0 spiro atoms. The normalized spacial score (nSPS) is 26.0. The van der Waals surface area contributed by atoms with E-state index in [0.717, 1.165) is 25.7 Å². The van der Waals surface area contributed by atoms with E-state index in [-0.39, 0.29) is 5.82 Å². The van der Waals surface area contributed by atoms with Crippen molar-refractivity contribution in [2.24, 2.45) is 5.92 Å². The van der Waals surface area contributed by atoms with E-state index in [1.807, 2.05) is 0 Å². The minimum Gasteiger partial charge on any atom is -0.496 e. The third-order valence-electron chi connectivity index (χ3n) is 4.54. The van der Waals surface area contributed by atoms with Crippen LogP contribution in [0.25, 0.3) is 0 Å². The van der Waals surface area contributed by atoms with Gasteiger partial charge in [-0.3, -0.25) is 0 Å². The second-order valence-corrected chi connectivity index (χ2v) is 5.74. The van der Waals surface area contributed by atoms with Gasteiger partial charge in [0.1, 0.15) is 11.6 Å². The van der Waals surface area contributed by atoms with Gasteiger partial charge in [-0.25, -0.2) is 4.39 Å². The molecule has 0 bridgehead atoms. The highest BCUT2D eigenvalue weighted by atomic mass is 19.1. The molecule has 1 aliphatic carbocycles. The third-order valence-corrected chi connectivity index (χ3v) is 4.54. The number of hydrogen-bond acceptors (Lipinski definition) is 2. The van der Waals surface area contributed by atoms with Gasteiger partial charge in [-0.1, -0.05) is 25.8 Å². The molecule has 0 heterocycles. The fraction of sp³-hybridized carbons (Fsp3) is 0.588. The lowest BCUT2D eigenvalue weighted by molar-refractivity contribution is 0.254. The van der Waals surface area contributed by atoms with Crippen molar-refractivity contribution < 1.29 is 9.13 Å². The zero-order valence-electron chi connectivity index (χ0n) is 12.3. The number of hydrogen-bond donors (Lipinski definition) is 0. The smallest absolute Gasteiger partial charge is 0.131 e. The zero-order chi connectivity index (χ0) is 14.6. The number of nitriles is 1. The van der Waals surface area contributed by atoms with Gasteiger partial charge in [-0.05, 0) is 43.7 Å². The molecule has 0 aliphatic heterocycles. The fourth-order valence-electron chi connectivity index (χ4n) is 3.42. The van der Waals surface area contributed by atoms with E-state index in [1.54, 1.807) is 12.1 Å². The summed E-state index contributed by atoms with van der Waals surface area (Å²) in [7, 11) is 1.53. The molecule has 1 aromatic rings. The maximum absolute atomic E-state index is 14.3. The van der Waals surface area contributed by atoms with Crippen molar-refractivity contribution >= 4 is 0 Å². The van der Waals surface area contributed by atoms with Crippen molar-refractivity contribution in [1.29, 1.82) is 5.26 Å². The highest BCUT2D eigenvalue weighted by Gasteiger charge is 2.40. The van der Waals surface area contributed by atoms with E-state index in [1.165, 1.54) is 26.0 Å². The van der Waals surface area contributed by atoms with Gasteiger partial charge in [-0.2, -0.15) is 5.26 Å². The molecular weight excluding hydrogens is 253 g/mol. The highest BCUT2D eigenvalue weighted by molar-refractivity contribution is 5.45. The van der Waals surface area contributed by atoms with Crippen LogP contribution in [-0.4, -0.2) is 7.11 Å². The molecule has 0 unspecified atom stereocenters. The van der Waals surface area contributed by atoms with Crippen LogP contribution < -0.4 is 4.74 Å². The van der Waals surface area contributed by atoms with Gasteiger partial charge in [0.05, 0.1) is 24.2 Å². The molecule has 1 saturated carbocycles. The molecule has 108 valence electrons. The first-order valence-electron chi connectivity index (χ1n) is 7.41. The molecule has 0 saturated heterocycles. The average molecular weight is 275 g/mol. The molecule has 3 heteroatoms. The topological polar surface area (TPSA) is 33.0 Å². The Labute approximate surface area is 120 Å². The first-order chi connectivity index (χ1) is 9.66. The van der Waals surface area contributed by atoms with E-state index in [0.29, 0.717) is 17.2 Å². The Hall–Kier alpha value is -1.56. The number of ether oxygens (including phenoxy) is 1. The van der Waals surface area contributed by atoms with E-state index < -0.39 is 5.41 Å². The van der Waals surface area contributed by atoms with Gasteiger partial charge in [-0.15, -0.1) is 0 Å². The predicted molar refractivity (Wildman–Crippen MR) is 77.1 cm³/mol. The second-order valence-electron chi connectivity index (χ2n) is 5.74. The van der Waals surface area contributed by atoms with Crippen LogP contribution in [0.4, 0.5) is 4.39 Å². The van der Waals surface area contributed by atoms with Crippen LogP contribution in [0.15, 0.2) is 18.2 Å². The Morgan fingerprint density at radius 2 is 2.10 bits per heavy atom. The van der Waals surface area contributed by atoms with Crippen LogP contribution in [-0.2, 0) is 5.41 Å². The van der Waals surface area contributed by atoms with Crippen LogP contribution in [0.5, 0.6) is 5.75 Å². The molecule has 0 atom stereocenters. The van der Waals surface area contributed by atoms with Gasteiger partial charge in [0.25, 0.3) is 0 Å². The highest BCUT2D eigenvalue weighted by Crippen LogP contribution is 2.46. The first kappa shape index (κ1) is 14.8. The number of rotatable bonds is 4. The van der Waals surface area contributed by atoms with Crippen molar-refractivity contribution in [3.05, 3.63) is 29.6 Å². The van der Waals surface area contributed by atoms with Crippen molar-refractivity contribution in [3.8, 4) is 11.8 Å². The van der Waals surface area contributed by atoms with E-state index in [4.69, 9.17) is 4.74 Å². The van der Waals surface area contributed by atoms with Crippen molar-refractivity contribution in [2.75, 3.05) is 7.11 Å². The lowest BCUT2D eigenvalue weighted by atomic mass is 9.66. The van der Waals surface area contributed by atoms with Crippen molar-refractivity contribution in [2.45, 2.75) is 50.9 Å². The Bertz CT molecular complexity index is 498. The molecule has 0 aromatic heterocycles. The maximum Gasteiger partial charge on any atom is 0.131 e. The minimum atomic E-state index is -0.721. The summed E-state index contributed by atoms with van der Waals surface area (Å²) in [5.74, 6) is 0.861. The lowest BCUT2D eigenvalue weighted by Crippen LogP contribution is -2.31. The van der Waals surface area contributed by atoms with Gasteiger partial charge < -0.3 is 4.74 Å². The molecule has 2 nitrogen and oxygen atoms in total. The number of methoxy groups -OCH3 is 1. The molecule has 0 N–H and O–H groups in total. The summed E-state index contributed by atoms with van der Waals surface area (Å²) in [6.07, 6.45) is 5.83.